The summed E-state index contributed by atoms with van der Waals surface area (Å²) in [6.45, 7) is 5.52. The van der Waals surface area contributed by atoms with Crippen LogP contribution < -0.4 is 10.3 Å². The SMILES string of the molecule is CC.CSc1nc(OCc2ccc(F)cc2F)cc(=O)n1-c1cc(C(=O)O)ccc1C. The fourth-order valence-corrected chi connectivity index (χ4v) is 3.20. The molecule has 6 nitrogen and oxygen atoms in total. The van der Waals surface area contributed by atoms with E-state index in [1.165, 1.54) is 34.5 Å². The van der Waals surface area contributed by atoms with E-state index in [0.717, 1.165) is 18.2 Å². The number of carbonyl (C=O) groups is 1. The number of hydrogen-bond donors (Lipinski definition) is 1. The zero-order valence-corrected chi connectivity index (χ0v) is 18.3. The van der Waals surface area contributed by atoms with Crippen molar-refractivity contribution in [3.8, 4) is 11.6 Å². The number of benzene rings is 2. The fraction of sp³-hybridized carbons (Fsp3) is 0.227. The number of carboxylic acids is 1. The number of aromatic nitrogens is 2. The van der Waals surface area contributed by atoms with E-state index >= 15 is 0 Å². The van der Waals surface area contributed by atoms with Gasteiger partial charge in [-0.25, -0.2) is 13.6 Å². The molecule has 1 heterocycles. The minimum atomic E-state index is -1.11. The number of rotatable bonds is 6. The highest BCUT2D eigenvalue weighted by Gasteiger charge is 2.15. The average Bonchev–Trinajstić information content (AvgIpc) is 2.74. The van der Waals surface area contributed by atoms with Gasteiger partial charge in [0.25, 0.3) is 5.56 Å². The summed E-state index contributed by atoms with van der Waals surface area (Å²) >= 11 is 1.17. The van der Waals surface area contributed by atoms with Gasteiger partial charge in [0.15, 0.2) is 5.16 Å². The van der Waals surface area contributed by atoms with Gasteiger partial charge < -0.3 is 9.84 Å². The van der Waals surface area contributed by atoms with Crippen LogP contribution in [0.25, 0.3) is 5.69 Å². The topological polar surface area (TPSA) is 81.4 Å². The second-order valence-corrected chi connectivity index (χ2v) is 6.86. The standard InChI is InChI=1S/C20H16F2N2O4S.C2H6/c1-11-3-4-12(19(26)27)7-16(11)24-18(25)9-17(23-20(24)29-2)28-10-13-5-6-14(21)8-15(13)22;1-2/h3-9H,10H2,1-2H3,(H,26,27);1-2H3. The molecule has 0 radical (unpaired) electrons. The predicted molar refractivity (Wildman–Crippen MR) is 115 cm³/mol. The monoisotopic (exact) mass is 448 g/mol. The van der Waals surface area contributed by atoms with Crippen LogP contribution in [-0.4, -0.2) is 26.9 Å². The maximum atomic E-state index is 13.8. The van der Waals surface area contributed by atoms with Crippen LogP contribution in [0.4, 0.5) is 8.78 Å². The van der Waals surface area contributed by atoms with Crippen LogP contribution in [0.2, 0.25) is 0 Å². The van der Waals surface area contributed by atoms with Crippen molar-refractivity contribution in [2.45, 2.75) is 32.5 Å². The Balaban J connectivity index is 0.00000166. The molecule has 2 aromatic carbocycles. The van der Waals surface area contributed by atoms with E-state index in [2.05, 4.69) is 4.98 Å². The quantitative estimate of drug-likeness (QED) is 0.429. The van der Waals surface area contributed by atoms with Gasteiger partial charge in [-0.2, -0.15) is 4.98 Å². The normalized spacial score (nSPS) is 10.3. The van der Waals surface area contributed by atoms with Crippen LogP contribution in [0.15, 0.2) is 52.4 Å². The van der Waals surface area contributed by atoms with Crippen molar-refractivity contribution in [2.75, 3.05) is 6.26 Å². The third-order valence-electron chi connectivity index (χ3n) is 4.13. The Kier molecular flexibility index (Phi) is 8.32. The Bertz CT molecular complexity index is 1150. The summed E-state index contributed by atoms with van der Waals surface area (Å²) in [6, 6.07) is 8.70. The van der Waals surface area contributed by atoms with Gasteiger partial charge in [0.05, 0.1) is 17.3 Å². The van der Waals surface area contributed by atoms with Crippen molar-refractivity contribution in [3.05, 3.63) is 81.1 Å². The molecule has 3 rings (SSSR count). The lowest BCUT2D eigenvalue weighted by atomic mass is 10.1. The Morgan fingerprint density at radius 3 is 2.48 bits per heavy atom. The smallest absolute Gasteiger partial charge is 0.335 e. The minimum absolute atomic E-state index is 0.0219. The van der Waals surface area contributed by atoms with Gasteiger partial charge in [0.1, 0.15) is 18.2 Å². The fourth-order valence-electron chi connectivity index (χ4n) is 2.65. The van der Waals surface area contributed by atoms with Crippen molar-refractivity contribution in [1.29, 1.82) is 0 Å². The summed E-state index contributed by atoms with van der Waals surface area (Å²) in [6.07, 6.45) is 1.71. The summed E-state index contributed by atoms with van der Waals surface area (Å²) in [5.74, 6) is -2.59. The van der Waals surface area contributed by atoms with Crippen molar-refractivity contribution < 1.29 is 23.4 Å². The van der Waals surface area contributed by atoms with Crippen LogP contribution >= 0.6 is 11.8 Å². The van der Waals surface area contributed by atoms with E-state index in [-0.39, 0.29) is 28.8 Å². The summed E-state index contributed by atoms with van der Waals surface area (Å²) in [7, 11) is 0. The Morgan fingerprint density at radius 1 is 1.16 bits per heavy atom. The first-order valence-electron chi connectivity index (χ1n) is 9.39. The Labute approximate surface area is 182 Å². The molecular formula is C22H22F2N2O4S. The zero-order valence-electron chi connectivity index (χ0n) is 17.5. The number of ether oxygens (including phenoxy) is 1. The number of hydrogen-bond acceptors (Lipinski definition) is 5. The lowest BCUT2D eigenvalue weighted by Gasteiger charge is -2.15. The maximum Gasteiger partial charge on any atom is 0.335 e. The van der Waals surface area contributed by atoms with Gasteiger partial charge in [0, 0.05) is 11.6 Å². The lowest BCUT2D eigenvalue weighted by molar-refractivity contribution is 0.0697. The van der Waals surface area contributed by atoms with Gasteiger partial charge in [-0.15, -0.1) is 0 Å². The first kappa shape index (κ1) is 24.1. The van der Waals surface area contributed by atoms with Crippen molar-refractivity contribution >= 4 is 17.7 Å². The van der Waals surface area contributed by atoms with E-state index in [4.69, 9.17) is 4.74 Å². The van der Waals surface area contributed by atoms with E-state index in [9.17, 15) is 23.5 Å². The molecule has 0 atom stereocenters. The largest absolute Gasteiger partial charge is 0.478 e. The molecule has 9 heteroatoms. The van der Waals surface area contributed by atoms with E-state index < -0.39 is 23.2 Å². The molecule has 1 aromatic heterocycles. The average molecular weight is 448 g/mol. The molecule has 3 aromatic rings. The minimum Gasteiger partial charge on any atom is -0.478 e. The second-order valence-electron chi connectivity index (χ2n) is 6.09. The highest BCUT2D eigenvalue weighted by molar-refractivity contribution is 7.98. The van der Waals surface area contributed by atoms with E-state index in [1.807, 2.05) is 13.8 Å². The Morgan fingerprint density at radius 2 is 1.87 bits per heavy atom. The highest BCUT2D eigenvalue weighted by atomic mass is 32.2. The number of halogens is 2. The molecule has 0 bridgehead atoms. The molecule has 0 saturated carbocycles. The first-order chi connectivity index (χ1) is 14.8. The maximum absolute atomic E-state index is 13.8. The molecule has 0 aliphatic carbocycles. The van der Waals surface area contributed by atoms with Crippen LogP contribution in [0.1, 0.15) is 35.3 Å². The van der Waals surface area contributed by atoms with Crippen LogP contribution in [-0.2, 0) is 6.61 Å². The van der Waals surface area contributed by atoms with Crippen LogP contribution in [0, 0.1) is 18.6 Å². The lowest BCUT2D eigenvalue weighted by Crippen LogP contribution is -2.22. The molecule has 0 amide bonds. The number of thioether (sulfide) groups is 1. The zero-order chi connectivity index (χ0) is 23.1. The molecule has 1 N–H and O–H groups in total. The number of carboxylic acid groups (broad SMARTS) is 1. The molecule has 0 aliphatic heterocycles. The van der Waals surface area contributed by atoms with Crippen LogP contribution in [0.5, 0.6) is 5.88 Å². The summed E-state index contributed by atoms with van der Waals surface area (Å²) in [5.41, 5.74) is 0.758. The molecular weight excluding hydrogens is 426 g/mol. The summed E-state index contributed by atoms with van der Waals surface area (Å²) < 4.78 is 33.5. The molecule has 0 spiro atoms. The number of aryl methyl sites for hydroxylation is 1. The number of aromatic carboxylic acids is 1. The van der Waals surface area contributed by atoms with Gasteiger partial charge in [-0.3, -0.25) is 9.36 Å². The van der Waals surface area contributed by atoms with Crippen molar-refractivity contribution in [2.24, 2.45) is 0 Å². The third-order valence-corrected chi connectivity index (χ3v) is 4.77. The van der Waals surface area contributed by atoms with Crippen LogP contribution in [0.3, 0.4) is 0 Å². The molecule has 0 fully saturated rings. The van der Waals surface area contributed by atoms with Crippen molar-refractivity contribution in [3.63, 3.8) is 0 Å². The van der Waals surface area contributed by atoms with E-state index in [0.29, 0.717) is 11.3 Å². The summed E-state index contributed by atoms with van der Waals surface area (Å²) in [4.78, 5) is 28.3. The molecule has 31 heavy (non-hydrogen) atoms. The highest BCUT2D eigenvalue weighted by Crippen LogP contribution is 2.22. The Hall–Kier alpha value is -3.20. The molecule has 0 aliphatic rings. The summed E-state index contributed by atoms with van der Waals surface area (Å²) in [5, 5.41) is 9.50. The second kappa shape index (κ2) is 10.7. The molecule has 0 saturated heterocycles. The molecule has 164 valence electrons. The molecule has 0 unspecified atom stereocenters. The van der Waals surface area contributed by atoms with Crippen molar-refractivity contribution in [1.82, 2.24) is 9.55 Å². The van der Waals surface area contributed by atoms with Gasteiger partial charge in [-0.05, 0) is 43.0 Å². The van der Waals surface area contributed by atoms with E-state index in [1.54, 1.807) is 19.2 Å². The third kappa shape index (κ3) is 5.69. The predicted octanol–water partition coefficient (Wildman–Crippen LogP) is 4.84. The van der Waals surface area contributed by atoms with Gasteiger partial charge in [0.2, 0.25) is 5.88 Å². The van der Waals surface area contributed by atoms with Gasteiger partial charge >= 0.3 is 5.97 Å². The first-order valence-corrected chi connectivity index (χ1v) is 10.6. The van der Waals surface area contributed by atoms with Gasteiger partial charge in [-0.1, -0.05) is 31.7 Å². The number of nitrogens with zero attached hydrogens (tertiary/aromatic N) is 2.